The van der Waals surface area contributed by atoms with E-state index in [1.54, 1.807) is 36.4 Å². The number of imide groups is 1. The van der Waals surface area contributed by atoms with E-state index in [0.29, 0.717) is 21.9 Å². The number of carbonyl (C=O) groups is 3. The largest absolute Gasteiger partial charge is 0.426 e. The predicted octanol–water partition coefficient (Wildman–Crippen LogP) is 3.55. The van der Waals surface area contributed by atoms with Crippen molar-refractivity contribution in [1.82, 2.24) is 4.90 Å². The van der Waals surface area contributed by atoms with Crippen LogP contribution in [0, 0.1) is 13.8 Å². The molecule has 1 aliphatic rings. The molecular weight excluding hydrogens is 342 g/mol. The van der Waals surface area contributed by atoms with Gasteiger partial charge in [0, 0.05) is 11.6 Å². The van der Waals surface area contributed by atoms with Gasteiger partial charge < -0.3 is 4.74 Å². The van der Waals surface area contributed by atoms with Gasteiger partial charge in [0.25, 0.3) is 11.8 Å². The van der Waals surface area contributed by atoms with Crippen molar-refractivity contribution >= 4 is 29.4 Å². The molecule has 1 heterocycles. The van der Waals surface area contributed by atoms with Gasteiger partial charge in [0.1, 0.15) is 5.75 Å². The lowest BCUT2D eigenvalue weighted by molar-refractivity contribution is -0.134. The molecule has 0 fully saturated rings. The quantitative estimate of drug-likeness (QED) is 0.477. The second-order valence-corrected chi connectivity index (χ2v) is 6.28. The van der Waals surface area contributed by atoms with Crippen LogP contribution in [0.1, 0.15) is 38.3 Å². The number of hydrogen-bond acceptors (Lipinski definition) is 4. The Hall–Kier alpha value is -2.66. The van der Waals surface area contributed by atoms with Gasteiger partial charge in [-0.05, 0) is 49.2 Å². The number of ether oxygens (including phenoxy) is 1. The first-order valence-electron chi connectivity index (χ1n) is 7.81. The number of carbonyl (C=O) groups excluding carboxylic acids is 3. The monoisotopic (exact) mass is 357 g/mol. The second kappa shape index (κ2) is 6.69. The average molecular weight is 358 g/mol. The van der Waals surface area contributed by atoms with Crippen LogP contribution >= 0.6 is 11.6 Å². The van der Waals surface area contributed by atoms with Crippen LogP contribution in [0.25, 0.3) is 0 Å². The molecule has 3 rings (SSSR count). The van der Waals surface area contributed by atoms with Crippen LogP contribution in [-0.2, 0) is 4.79 Å². The lowest BCUT2D eigenvalue weighted by Crippen LogP contribution is -2.32. The molecular formula is C19H16ClNO4. The Labute approximate surface area is 150 Å². The third kappa shape index (κ3) is 3.28. The molecule has 6 heteroatoms. The average Bonchev–Trinajstić information content (AvgIpc) is 2.82. The zero-order chi connectivity index (χ0) is 18.1. The van der Waals surface area contributed by atoms with Gasteiger partial charge in [-0.3, -0.25) is 19.3 Å². The summed E-state index contributed by atoms with van der Waals surface area (Å²) in [6, 6.07) is 9.96. The number of halogens is 1. The smallest absolute Gasteiger partial charge is 0.312 e. The van der Waals surface area contributed by atoms with E-state index >= 15 is 0 Å². The van der Waals surface area contributed by atoms with Gasteiger partial charge in [-0.25, -0.2) is 0 Å². The Morgan fingerprint density at radius 3 is 2.08 bits per heavy atom. The molecule has 2 amide bonds. The summed E-state index contributed by atoms with van der Waals surface area (Å²) in [5, 5.41) is 0.630. The fourth-order valence-electron chi connectivity index (χ4n) is 2.79. The highest BCUT2D eigenvalue weighted by Gasteiger charge is 2.35. The van der Waals surface area contributed by atoms with E-state index in [0.717, 1.165) is 16.0 Å². The van der Waals surface area contributed by atoms with Gasteiger partial charge in [0.05, 0.1) is 17.5 Å². The van der Waals surface area contributed by atoms with Crippen LogP contribution in [0.2, 0.25) is 5.02 Å². The molecule has 2 aromatic carbocycles. The molecule has 5 nitrogen and oxygen atoms in total. The number of hydrogen-bond donors (Lipinski definition) is 0. The zero-order valence-electron chi connectivity index (χ0n) is 13.8. The van der Waals surface area contributed by atoms with Crippen molar-refractivity contribution in [3.63, 3.8) is 0 Å². The minimum atomic E-state index is -0.516. The van der Waals surface area contributed by atoms with Crippen LogP contribution in [0.3, 0.4) is 0 Å². The summed E-state index contributed by atoms with van der Waals surface area (Å²) < 4.78 is 5.29. The summed E-state index contributed by atoms with van der Waals surface area (Å²) in [7, 11) is 0. The number of aryl methyl sites for hydroxylation is 2. The van der Waals surface area contributed by atoms with E-state index < -0.39 is 5.97 Å². The maximum absolute atomic E-state index is 12.2. The van der Waals surface area contributed by atoms with Crippen LogP contribution in [-0.4, -0.2) is 29.2 Å². The number of benzene rings is 2. The van der Waals surface area contributed by atoms with Gasteiger partial charge in [0.2, 0.25) is 0 Å². The molecule has 0 saturated carbocycles. The highest BCUT2D eigenvalue weighted by molar-refractivity contribution is 6.32. The van der Waals surface area contributed by atoms with Crippen LogP contribution in [0.15, 0.2) is 36.4 Å². The Bertz CT molecular complexity index is 833. The van der Waals surface area contributed by atoms with Gasteiger partial charge in [-0.1, -0.05) is 23.7 Å². The minimum absolute atomic E-state index is 0.0171. The van der Waals surface area contributed by atoms with E-state index in [1.807, 2.05) is 13.8 Å². The highest BCUT2D eigenvalue weighted by Crippen LogP contribution is 2.26. The van der Waals surface area contributed by atoms with Gasteiger partial charge in [0.15, 0.2) is 0 Å². The third-order valence-electron chi connectivity index (χ3n) is 4.06. The first-order valence-corrected chi connectivity index (χ1v) is 8.19. The molecule has 0 atom stereocenters. The standard InChI is InChI=1S/C19H16ClNO4/c1-11-9-13(10-12(2)17(11)20)25-16(22)7-8-21-18(23)14-5-3-4-6-15(14)19(21)24/h3-6,9-10H,7-8H2,1-2H3. The molecule has 0 unspecified atom stereocenters. The molecule has 0 radical (unpaired) electrons. The van der Waals surface area contributed by atoms with Crippen molar-refractivity contribution in [2.75, 3.05) is 6.54 Å². The number of nitrogens with zero attached hydrogens (tertiary/aromatic N) is 1. The van der Waals surface area contributed by atoms with Gasteiger partial charge in [-0.2, -0.15) is 0 Å². The van der Waals surface area contributed by atoms with E-state index in [1.165, 1.54) is 0 Å². The molecule has 0 spiro atoms. The number of fused-ring (bicyclic) bond motifs is 1. The maximum Gasteiger partial charge on any atom is 0.312 e. The summed E-state index contributed by atoms with van der Waals surface area (Å²) in [6.45, 7) is 3.63. The van der Waals surface area contributed by atoms with Crippen LogP contribution in [0.5, 0.6) is 5.75 Å². The van der Waals surface area contributed by atoms with Crippen molar-refractivity contribution in [1.29, 1.82) is 0 Å². The number of amides is 2. The number of esters is 1. The Morgan fingerprint density at radius 1 is 1.04 bits per heavy atom. The third-order valence-corrected chi connectivity index (χ3v) is 4.66. The van der Waals surface area contributed by atoms with Gasteiger partial charge >= 0.3 is 5.97 Å². The lowest BCUT2D eigenvalue weighted by atomic mass is 10.1. The predicted molar refractivity (Wildman–Crippen MR) is 93.0 cm³/mol. The van der Waals surface area contributed by atoms with Crippen molar-refractivity contribution in [2.45, 2.75) is 20.3 Å². The lowest BCUT2D eigenvalue weighted by Gasteiger charge is -2.13. The molecule has 0 aliphatic carbocycles. The summed E-state index contributed by atoms with van der Waals surface area (Å²) >= 11 is 6.09. The minimum Gasteiger partial charge on any atom is -0.426 e. The Kier molecular flexibility index (Phi) is 4.59. The van der Waals surface area contributed by atoms with Crippen molar-refractivity contribution in [2.24, 2.45) is 0 Å². The topological polar surface area (TPSA) is 63.7 Å². The Morgan fingerprint density at radius 2 is 1.56 bits per heavy atom. The maximum atomic E-state index is 12.2. The van der Waals surface area contributed by atoms with Crippen LogP contribution in [0.4, 0.5) is 0 Å². The molecule has 0 aromatic heterocycles. The van der Waals surface area contributed by atoms with E-state index in [4.69, 9.17) is 16.3 Å². The second-order valence-electron chi connectivity index (χ2n) is 5.90. The fraction of sp³-hybridized carbons (Fsp3) is 0.211. The first kappa shape index (κ1) is 17.2. The van der Waals surface area contributed by atoms with Crippen molar-refractivity contribution in [3.8, 4) is 5.75 Å². The summed E-state index contributed by atoms with van der Waals surface area (Å²) in [6.07, 6.45) is -0.0772. The molecule has 0 saturated heterocycles. The first-order chi connectivity index (χ1) is 11.9. The Balaban J connectivity index is 1.64. The molecule has 0 N–H and O–H groups in total. The molecule has 2 aromatic rings. The molecule has 25 heavy (non-hydrogen) atoms. The SMILES string of the molecule is Cc1cc(OC(=O)CCN2C(=O)c3ccccc3C2=O)cc(C)c1Cl. The highest BCUT2D eigenvalue weighted by atomic mass is 35.5. The fourth-order valence-corrected chi connectivity index (χ4v) is 2.90. The van der Waals surface area contributed by atoms with E-state index in [2.05, 4.69) is 0 Å². The molecule has 1 aliphatic heterocycles. The summed E-state index contributed by atoms with van der Waals surface area (Å²) in [4.78, 5) is 37.6. The van der Waals surface area contributed by atoms with E-state index in [-0.39, 0.29) is 24.8 Å². The van der Waals surface area contributed by atoms with Crippen molar-refractivity contribution < 1.29 is 19.1 Å². The molecule has 0 bridgehead atoms. The normalized spacial score (nSPS) is 13.2. The summed E-state index contributed by atoms with van der Waals surface area (Å²) in [5.41, 5.74) is 2.35. The van der Waals surface area contributed by atoms with Crippen molar-refractivity contribution in [3.05, 3.63) is 63.7 Å². The van der Waals surface area contributed by atoms with Gasteiger partial charge in [-0.15, -0.1) is 0 Å². The molecule has 128 valence electrons. The number of rotatable bonds is 4. The zero-order valence-corrected chi connectivity index (χ0v) is 14.6. The van der Waals surface area contributed by atoms with E-state index in [9.17, 15) is 14.4 Å². The van der Waals surface area contributed by atoms with Crippen LogP contribution < -0.4 is 4.74 Å². The summed E-state index contributed by atoms with van der Waals surface area (Å²) in [5.74, 6) is -0.886.